The fourth-order valence-corrected chi connectivity index (χ4v) is 2.88. The smallest absolute Gasteiger partial charge is 0.325 e. The lowest BCUT2D eigenvalue weighted by Crippen LogP contribution is -2.51. The molecule has 6 heteroatoms. The minimum absolute atomic E-state index is 0.0265. The summed E-state index contributed by atoms with van der Waals surface area (Å²) in [5.74, 6) is -0.430. The molecule has 2 aliphatic rings. The molecule has 1 aliphatic heterocycles. The summed E-state index contributed by atoms with van der Waals surface area (Å²) < 4.78 is 0. The molecule has 1 heterocycles. The first kappa shape index (κ1) is 13.8. The number of hydrogen-bond donors (Lipinski definition) is 2. The van der Waals surface area contributed by atoms with Crippen molar-refractivity contribution in [1.29, 1.82) is 0 Å². The van der Waals surface area contributed by atoms with Crippen LogP contribution in [-0.4, -0.2) is 41.4 Å². The highest BCUT2D eigenvalue weighted by atomic mass is 16.2. The molecule has 106 valence electrons. The monoisotopic (exact) mass is 267 g/mol. The Balaban J connectivity index is 1.99. The van der Waals surface area contributed by atoms with Crippen LogP contribution in [0.25, 0.3) is 0 Å². The highest BCUT2D eigenvalue weighted by Crippen LogP contribution is 2.38. The first-order valence-corrected chi connectivity index (χ1v) is 7.00. The minimum atomic E-state index is -0.765. The maximum absolute atomic E-state index is 12.0. The summed E-state index contributed by atoms with van der Waals surface area (Å²) in [6.07, 6.45) is 5.10. The number of hydrogen-bond acceptors (Lipinski definition) is 3. The van der Waals surface area contributed by atoms with Gasteiger partial charge in [0.2, 0.25) is 5.91 Å². The summed E-state index contributed by atoms with van der Waals surface area (Å²) in [6.45, 7) is 2.64. The van der Waals surface area contributed by atoms with E-state index in [0.29, 0.717) is 19.4 Å². The zero-order valence-electron chi connectivity index (χ0n) is 11.3. The third-order valence-corrected chi connectivity index (χ3v) is 3.99. The average molecular weight is 267 g/mol. The fourth-order valence-electron chi connectivity index (χ4n) is 2.88. The van der Waals surface area contributed by atoms with Gasteiger partial charge in [-0.15, -0.1) is 0 Å². The summed E-state index contributed by atoms with van der Waals surface area (Å²) >= 11 is 0. The minimum Gasteiger partial charge on any atom is -0.355 e. The standard InChI is InChI=1S/C13H21N3O3/c1-2-3-8-14-10(17)9-16-12(19)15-11(18)13(16)6-4-5-7-13/h2-9H2,1H3,(H,14,17)(H,15,18,19). The number of nitrogens with one attached hydrogen (secondary N) is 2. The molecule has 0 aromatic carbocycles. The van der Waals surface area contributed by atoms with Crippen molar-refractivity contribution in [1.82, 2.24) is 15.5 Å². The molecule has 2 fully saturated rings. The van der Waals surface area contributed by atoms with Gasteiger partial charge in [-0.05, 0) is 19.3 Å². The number of carbonyl (C=O) groups is 3. The molecule has 2 N–H and O–H groups in total. The SMILES string of the molecule is CCCCNC(=O)CN1C(=O)NC(=O)C12CCCC2. The van der Waals surface area contributed by atoms with Gasteiger partial charge < -0.3 is 10.2 Å². The molecular weight excluding hydrogens is 246 g/mol. The van der Waals surface area contributed by atoms with E-state index in [9.17, 15) is 14.4 Å². The topological polar surface area (TPSA) is 78.5 Å². The Morgan fingerprint density at radius 2 is 2.05 bits per heavy atom. The molecule has 1 saturated heterocycles. The normalized spacial score (nSPS) is 21.0. The van der Waals surface area contributed by atoms with Crippen molar-refractivity contribution in [3.05, 3.63) is 0 Å². The summed E-state index contributed by atoms with van der Waals surface area (Å²) in [5, 5.41) is 5.12. The number of unbranched alkanes of at least 4 members (excludes halogenated alkanes) is 1. The molecule has 1 spiro atoms. The quantitative estimate of drug-likeness (QED) is 0.570. The molecule has 1 aliphatic carbocycles. The molecule has 0 aromatic heterocycles. The maximum Gasteiger partial charge on any atom is 0.325 e. The van der Waals surface area contributed by atoms with Gasteiger partial charge in [0, 0.05) is 6.54 Å². The number of imide groups is 1. The van der Waals surface area contributed by atoms with Crippen molar-refractivity contribution in [2.75, 3.05) is 13.1 Å². The van der Waals surface area contributed by atoms with Crippen molar-refractivity contribution in [2.45, 2.75) is 51.0 Å². The molecule has 2 rings (SSSR count). The van der Waals surface area contributed by atoms with E-state index >= 15 is 0 Å². The largest absolute Gasteiger partial charge is 0.355 e. The predicted octanol–water partition coefficient (Wildman–Crippen LogP) is 0.767. The van der Waals surface area contributed by atoms with Crippen LogP contribution in [0.4, 0.5) is 4.79 Å². The second-order valence-corrected chi connectivity index (χ2v) is 5.29. The summed E-state index contributed by atoms with van der Waals surface area (Å²) in [4.78, 5) is 37.0. The molecule has 0 radical (unpaired) electrons. The second kappa shape index (κ2) is 5.59. The maximum atomic E-state index is 12.0. The molecule has 0 atom stereocenters. The van der Waals surface area contributed by atoms with E-state index in [1.807, 2.05) is 6.92 Å². The van der Waals surface area contributed by atoms with Gasteiger partial charge in [0.25, 0.3) is 5.91 Å². The van der Waals surface area contributed by atoms with Crippen molar-refractivity contribution >= 4 is 17.8 Å². The van der Waals surface area contributed by atoms with Crippen molar-refractivity contribution in [3.8, 4) is 0 Å². The van der Waals surface area contributed by atoms with Gasteiger partial charge >= 0.3 is 6.03 Å². The number of carbonyl (C=O) groups excluding carboxylic acids is 3. The Labute approximate surface area is 112 Å². The van der Waals surface area contributed by atoms with Crippen LogP contribution >= 0.6 is 0 Å². The summed E-state index contributed by atoms with van der Waals surface area (Å²) in [6, 6.07) is -0.433. The van der Waals surface area contributed by atoms with Gasteiger partial charge in [-0.3, -0.25) is 14.9 Å². The van der Waals surface area contributed by atoms with E-state index in [1.165, 1.54) is 4.90 Å². The lowest BCUT2D eigenvalue weighted by Gasteiger charge is -2.30. The van der Waals surface area contributed by atoms with E-state index in [2.05, 4.69) is 10.6 Å². The van der Waals surface area contributed by atoms with Gasteiger partial charge in [-0.1, -0.05) is 26.2 Å². The third-order valence-electron chi connectivity index (χ3n) is 3.99. The van der Waals surface area contributed by atoms with Crippen molar-refractivity contribution in [2.24, 2.45) is 0 Å². The Morgan fingerprint density at radius 1 is 1.37 bits per heavy atom. The van der Waals surface area contributed by atoms with Gasteiger partial charge in [0.1, 0.15) is 12.1 Å². The highest BCUT2D eigenvalue weighted by Gasteiger charge is 2.54. The van der Waals surface area contributed by atoms with Gasteiger partial charge in [-0.2, -0.15) is 0 Å². The zero-order valence-corrected chi connectivity index (χ0v) is 11.3. The Hall–Kier alpha value is -1.59. The molecule has 6 nitrogen and oxygen atoms in total. The van der Waals surface area contributed by atoms with Gasteiger partial charge in [0.05, 0.1) is 0 Å². The van der Waals surface area contributed by atoms with Crippen molar-refractivity contribution in [3.63, 3.8) is 0 Å². The third kappa shape index (κ3) is 2.57. The Kier molecular flexibility index (Phi) is 4.07. The first-order chi connectivity index (χ1) is 9.10. The molecule has 1 saturated carbocycles. The molecule has 0 aromatic rings. The molecule has 19 heavy (non-hydrogen) atoms. The van der Waals surface area contributed by atoms with Crippen LogP contribution in [-0.2, 0) is 9.59 Å². The lowest BCUT2D eigenvalue weighted by atomic mass is 9.96. The van der Waals surface area contributed by atoms with Crippen LogP contribution in [0.5, 0.6) is 0 Å². The first-order valence-electron chi connectivity index (χ1n) is 7.00. The molecular formula is C13H21N3O3. The zero-order chi connectivity index (χ0) is 13.9. The number of urea groups is 1. The molecule has 0 unspecified atom stereocenters. The van der Waals surface area contributed by atoms with E-state index < -0.39 is 11.6 Å². The van der Waals surface area contributed by atoms with Crippen molar-refractivity contribution < 1.29 is 14.4 Å². The second-order valence-electron chi connectivity index (χ2n) is 5.29. The molecule has 0 bridgehead atoms. The predicted molar refractivity (Wildman–Crippen MR) is 69.4 cm³/mol. The van der Waals surface area contributed by atoms with Crippen LogP contribution in [0, 0.1) is 0 Å². The van der Waals surface area contributed by atoms with Crippen LogP contribution in [0.2, 0.25) is 0 Å². The van der Waals surface area contributed by atoms with Crippen LogP contribution in [0.15, 0.2) is 0 Å². The van der Waals surface area contributed by atoms with Gasteiger partial charge in [0.15, 0.2) is 0 Å². The Bertz CT molecular complexity index is 389. The number of amides is 4. The van der Waals surface area contributed by atoms with E-state index in [4.69, 9.17) is 0 Å². The number of nitrogens with zero attached hydrogens (tertiary/aromatic N) is 1. The molecule has 4 amide bonds. The fraction of sp³-hybridized carbons (Fsp3) is 0.769. The highest BCUT2D eigenvalue weighted by molar-refractivity contribution is 6.08. The van der Waals surface area contributed by atoms with Crippen LogP contribution in [0.1, 0.15) is 45.4 Å². The van der Waals surface area contributed by atoms with Crippen LogP contribution in [0.3, 0.4) is 0 Å². The van der Waals surface area contributed by atoms with E-state index in [0.717, 1.165) is 25.7 Å². The summed E-state index contributed by atoms with van der Waals surface area (Å²) in [5.41, 5.74) is -0.765. The number of rotatable bonds is 5. The van der Waals surface area contributed by atoms with E-state index in [1.54, 1.807) is 0 Å². The van der Waals surface area contributed by atoms with Gasteiger partial charge in [-0.25, -0.2) is 4.79 Å². The Morgan fingerprint density at radius 3 is 2.68 bits per heavy atom. The average Bonchev–Trinajstić information content (AvgIpc) is 2.93. The van der Waals surface area contributed by atoms with E-state index in [-0.39, 0.29) is 18.4 Å². The lowest BCUT2D eigenvalue weighted by molar-refractivity contribution is -0.128. The van der Waals surface area contributed by atoms with Crippen LogP contribution < -0.4 is 10.6 Å². The summed E-state index contributed by atoms with van der Waals surface area (Å²) in [7, 11) is 0.